The molecule has 3 nitrogen and oxygen atoms in total. The molecule has 1 saturated carbocycles. The van der Waals surface area contributed by atoms with E-state index in [9.17, 15) is 4.79 Å². The Bertz CT molecular complexity index is 446. The van der Waals surface area contributed by atoms with Gasteiger partial charge >= 0.3 is 0 Å². The average molecular weight is 266 g/mol. The maximum Gasteiger partial charge on any atom is 0.227 e. The van der Waals surface area contributed by atoms with E-state index < -0.39 is 0 Å². The Kier molecular flexibility index (Phi) is 3.27. The zero-order valence-corrected chi connectivity index (χ0v) is 10.8. The summed E-state index contributed by atoms with van der Waals surface area (Å²) < 4.78 is 6.01. The molecule has 0 unspecified atom stereocenters. The van der Waals surface area contributed by atoms with Gasteiger partial charge in [-0.15, -0.1) is 0 Å². The Hall–Kier alpha value is -1.06. The summed E-state index contributed by atoms with van der Waals surface area (Å²) >= 11 is 5.86. The number of carbonyl (C=O) groups excluding carboxylic acids is 1. The van der Waals surface area contributed by atoms with Crippen LogP contribution < -0.4 is 5.32 Å². The molecule has 96 valence electrons. The van der Waals surface area contributed by atoms with Gasteiger partial charge in [-0.1, -0.05) is 36.6 Å². The molecule has 1 amide bonds. The first-order valence-electron chi connectivity index (χ1n) is 6.45. The maximum atomic E-state index is 12.1. The Labute approximate surface area is 111 Å². The Balaban J connectivity index is 1.78. The van der Waals surface area contributed by atoms with Gasteiger partial charge in [0.1, 0.15) is 0 Å². The van der Waals surface area contributed by atoms with Crippen molar-refractivity contribution in [2.75, 3.05) is 0 Å². The fraction of sp³-hybridized carbons (Fsp3) is 0.500. The van der Waals surface area contributed by atoms with Gasteiger partial charge < -0.3 is 10.1 Å². The SMILES string of the molecule is O=C1N[C@H](c2ccc(Cl)cc2)O[C@H]2CCCC[C@@H]12. The summed E-state index contributed by atoms with van der Waals surface area (Å²) in [5.41, 5.74) is 0.955. The number of ether oxygens (including phenoxy) is 1. The fourth-order valence-corrected chi connectivity index (χ4v) is 2.93. The third-order valence-electron chi connectivity index (χ3n) is 3.80. The normalized spacial score (nSPS) is 31.6. The molecule has 2 aliphatic rings. The summed E-state index contributed by atoms with van der Waals surface area (Å²) in [6.07, 6.45) is 3.97. The molecule has 0 radical (unpaired) electrons. The maximum absolute atomic E-state index is 12.1. The summed E-state index contributed by atoms with van der Waals surface area (Å²) in [4.78, 5) is 12.1. The van der Waals surface area contributed by atoms with E-state index in [-0.39, 0.29) is 24.2 Å². The van der Waals surface area contributed by atoms with Crippen LogP contribution in [-0.2, 0) is 9.53 Å². The van der Waals surface area contributed by atoms with E-state index in [1.54, 1.807) is 0 Å². The first-order valence-corrected chi connectivity index (χ1v) is 6.83. The van der Waals surface area contributed by atoms with Gasteiger partial charge in [0, 0.05) is 10.6 Å². The molecule has 3 atom stereocenters. The van der Waals surface area contributed by atoms with E-state index in [1.807, 2.05) is 24.3 Å². The summed E-state index contributed by atoms with van der Waals surface area (Å²) in [6.45, 7) is 0. The molecule has 1 aromatic rings. The van der Waals surface area contributed by atoms with Crippen molar-refractivity contribution in [1.82, 2.24) is 5.32 Å². The highest BCUT2D eigenvalue weighted by molar-refractivity contribution is 6.30. The number of amides is 1. The van der Waals surface area contributed by atoms with Crippen LogP contribution in [0.2, 0.25) is 5.02 Å². The van der Waals surface area contributed by atoms with Gasteiger partial charge in [0.2, 0.25) is 5.91 Å². The first-order chi connectivity index (χ1) is 8.74. The van der Waals surface area contributed by atoms with Crippen LogP contribution in [0.4, 0.5) is 0 Å². The van der Waals surface area contributed by atoms with Crippen molar-refractivity contribution >= 4 is 17.5 Å². The van der Waals surface area contributed by atoms with Crippen LogP contribution in [0.1, 0.15) is 37.5 Å². The molecule has 1 aliphatic heterocycles. The minimum absolute atomic E-state index is 0.0438. The third kappa shape index (κ3) is 2.25. The van der Waals surface area contributed by atoms with Crippen molar-refractivity contribution in [2.24, 2.45) is 5.92 Å². The number of hydrogen-bond donors (Lipinski definition) is 1. The molecule has 2 fully saturated rings. The second kappa shape index (κ2) is 4.90. The lowest BCUT2D eigenvalue weighted by Gasteiger charge is -2.39. The van der Waals surface area contributed by atoms with Crippen molar-refractivity contribution in [1.29, 1.82) is 0 Å². The monoisotopic (exact) mass is 265 g/mol. The first kappa shape index (κ1) is 12.0. The molecule has 1 aliphatic carbocycles. The number of benzene rings is 1. The van der Waals surface area contributed by atoms with E-state index in [1.165, 1.54) is 0 Å². The van der Waals surface area contributed by atoms with Gasteiger partial charge in [-0.25, -0.2) is 0 Å². The van der Waals surface area contributed by atoms with Gasteiger partial charge in [-0.05, 0) is 25.0 Å². The Morgan fingerprint density at radius 2 is 1.89 bits per heavy atom. The van der Waals surface area contributed by atoms with Crippen LogP contribution in [0.3, 0.4) is 0 Å². The molecule has 0 aromatic heterocycles. The lowest BCUT2D eigenvalue weighted by atomic mass is 9.84. The van der Waals surface area contributed by atoms with Gasteiger partial charge in [-0.2, -0.15) is 0 Å². The molecule has 1 saturated heterocycles. The van der Waals surface area contributed by atoms with Crippen LogP contribution in [0.25, 0.3) is 0 Å². The van der Waals surface area contributed by atoms with Crippen LogP contribution in [0.5, 0.6) is 0 Å². The standard InChI is InChI=1S/C14H16ClNO2/c15-10-7-5-9(6-8-10)14-16-13(17)11-3-1-2-4-12(11)18-14/h5-8,11-12,14H,1-4H2,(H,16,17)/t11-,12+,14+/m1/s1. The Morgan fingerprint density at radius 3 is 2.67 bits per heavy atom. The highest BCUT2D eigenvalue weighted by atomic mass is 35.5. The van der Waals surface area contributed by atoms with Crippen molar-refractivity contribution in [3.63, 3.8) is 0 Å². The lowest BCUT2D eigenvalue weighted by molar-refractivity contribution is -0.159. The predicted octanol–water partition coefficient (Wildman–Crippen LogP) is 3.04. The second-order valence-electron chi connectivity index (χ2n) is 5.01. The van der Waals surface area contributed by atoms with E-state index in [0.29, 0.717) is 5.02 Å². The molecule has 4 heteroatoms. The molecular formula is C14H16ClNO2. The van der Waals surface area contributed by atoms with Gasteiger partial charge in [-0.3, -0.25) is 4.79 Å². The second-order valence-corrected chi connectivity index (χ2v) is 5.44. The highest BCUT2D eigenvalue weighted by Crippen LogP contribution is 2.34. The largest absolute Gasteiger partial charge is 0.350 e. The summed E-state index contributed by atoms with van der Waals surface area (Å²) in [5.74, 6) is 0.174. The summed E-state index contributed by atoms with van der Waals surface area (Å²) in [7, 11) is 0. The average Bonchev–Trinajstić information content (AvgIpc) is 2.39. The topological polar surface area (TPSA) is 38.3 Å². The molecular weight excluding hydrogens is 250 g/mol. The summed E-state index contributed by atoms with van der Waals surface area (Å²) in [5, 5.41) is 3.64. The molecule has 1 N–H and O–H groups in total. The fourth-order valence-electron chi connectivity index (χ4n) is 2.80. The molecule has 18 heavy (non-hydrogen) atoms. The number of fused-ring (bicyclic) bond motifs is 1. The number of carbonyl (C=O) groups is 1. The van der Waals surface area contributed by atoms with Crippen molar-refractivity contribution in [3.8, 4) is 0 Å². The molecule has 1 aromatic carbocycles. The number of hydrogen-bond acceptors (Lipinski definition) is 2. The third-order valence-corrected chi connectivity index (χ3v) is 4.05. The lowest BCUT2D eigenvalue weighted by Crippen LogP contribution is -2.49. The van der Waals surface area contributed by atoms with E-state index in [2.05, 4.69) is 5.32 Å². The molecule has 1 heterocycles. The summed E-state index contributed by atoms with van der Waals surface area (Å²) in [6, 6.07) is 7.44. The van der Waals surface area contributed by atoms with E-state index in [0.717, 1.165) is 31.2 Å². The van der Waals surface area contributed by atoms with Crippen LogP contribution in [0.15, 0.2) is 24.3 Å². The Morgan fingerprint density at radius 1 is 1.17 bits per heavy atom. The number of rotatable bonds is 1. The van der Waals surface area contributed by atoms with Crippen LogP contribution in [0, 0.1) is 5.92 Å². The predicted molar refractivity (Wildman–Crippen MR) is 69.2 cm³/mol. The quantitative estimate of drug-likeness (QED) is 0.848. The number of nitrogens with one attached hydrogen (secondary N) is 1. The molecule has 0 bridgehead atoms. The van der Waals surface area contributed by atoms with Crippen molar-refractivity contribution in [3.05, 3.63) is 34.9 Å². The molecule has 0 spiro atoms. The van der Waals surface area contributed by atoms with Gasteiger partial charge in [0.15, 0.2) is 6.23 Å². The van der Waals surface area contributed by atoms with Crippen LogP contribution in [-0.4, -0.2) is 12.0 Å². The minimum atomic E-state index is -0.325. The number of halogens is 1. The van der Waals surface area contributed by atoms with Crippen LogP contribution >= 0.6 is 11.6 Å². The van der Waals surface area contributed by atoms with Gasteiger partial charge in [0.05, 0.1) is 12.0 Å². The van der Waals surface area contributed by atoms with E-state index in [4.69, 9.17) is 16.3 Å². The zero-order valence-electron chi connectivity index (χ0n) is 10.1. The van der Waals surface area contributed by atoms with Crippen molar-refractivity contribution < 1.29 is 9.53 Å². The van der Waals surface area contributed by atoms with Gasteiger partial charge in [0.25, 0.3) is 0 Å². The molecule has 3 rings (SSSR count). The zero-order chi connectivity index (χ0) is 12.5. The van der Waals surface area contributed by atoms with Crippen molar-refractivity contribution in [2.45, 2.75) is 38.0 Å². The van der Waals surface area contributed by atoms with E-state index >= 15 is 0 Å². The smallest absolute Gasteiger partial charge is 0.227 e. The minimum Gasteiger partial charge on any atom is -0.350 e. The highest BCUT2D eigenvalue weighted by Gasteiger charge is 2.38.